The maximum atomic E-state index is 12.7. The molecule has 0 aliphatic heterocycles. The van der Waals surface area contributed by atoms with Crippen LogP contribution in [0.4, 0.5) is 0 Å². The first-order chi connectivity index (χ1) is 30.0. The average molecular weight is 897 g/mol. The molecule has 0 bridgehead atoms. The molecular weight excluding hydrogens is 798 g/mol. The number of carbonyl (C=O) groups excluding carboxylic acids is 2. The van der Waals surface area contributed by atoms with E-state index in [0.717, 1.165) is 38.5 Å². The van der Waals surface area contributed by atoms with E-state index in [4.69, 9.17) is 18.5 Å². The minimum atomic E-state index is -4.39. The molecule has 0 aromatic heterocycles. The monoisotopic (exact) mass is 897 g/mol. The van der Waals surface area contributed by atoms with Crippen molar-refractivity contribution >= 4 is 19.8 Å². The number of esters is 2. The number of ether oxygens (including phenoxy) is 2. The van der Waals surface area contributed by atoms with E-state index in [-0.39, 0.29) is 26.1 Å². The maximum Gasteiger partial charge on any atom is 0.472 e. The second kappa shape index (κ2) is 44.4. The van der Waals surface area contributed by atoms with Crippen LogP contribution in [0.25, 0.3) is 0 Å². The number of likely N-dealkylation sites (N-methyl/N-ethyl adjacent to an activating group) is 1. The summed E-state index contributed by atoms with van der Waals surface area (Å²) in [6.07, 6.45) is 52.3. The van der Waals surface area contributed by atoms with Crippen LogP contribution in [0.1, 0.15) is 232 Å². The number of phosphoric acid groups is 1. The number of phosphoric ester groups is 1. The third-order valence-corrected chi connectivity index (χ3v) is 12.1. The fourth-order valence-electron chi connectivity index (χ4n) is 7.11. The van der Waals surface area contributed by atoms with Gasteiger partial charge in [0.1, 0.15) is 19.8 Å². The van der Waals surface area contributed by atoms with E-state index in [1.807, 2.05) is 27.2 Å². The summed E-state index contributed by atoms with van der Waals surface area (Å²) in [7, 11) is 1.44. The standard InChI is InChI=1S/C52H98NO8P/c1-6-8-10-12-14-16-18-20-22-23-24-25-26-27-28-29-31-32-34-36-38-40-42-44-51(54)58-48-50(49-60-62(56,57)59-47-46-53(3,4)5)61-52(55)45-43-41-39-37-35-33-30-21-19-17-15-13-11-9-7-2/h29,31,36,38-39,41,50H,6-28,30,32-35,37,40,42-49H2,1-5H3/p+1/b31-29+,38-36+,41-39+/t50-/m0/s1. The molecule has 0 aliphatic carbocycles. The van der Waals surface area contributed by atoms with Crippen molar-refractivity contribution in [2.75, 3.05) is 47.5 Å². The lowest BCUT2D eigenvalue weighted by Crippen LogP contribution is -2.37. The zero-order valence-corrected chi connectivity index (χ0v) is 42.0. The Kier molecular flexibility index (Phi) is 43.2. The lowest BCUT2D eigenvalue weighted by Gasteiger charge is -2.24. The first-order valence-electron chi connectivity index (χ1n) is 25.7. The summed E-state index contributed by atoms with van der Waals surface area (Å²) in [5, 5.41) is 0. The molecule has 0 amide bonds. The first-order valence-corrected chi connectivity index (χ1v) is 27.2. The molecule has 9 nitrogen and oxygen atoms in total. The minimum absolute atomic E-state index is 0.0208. The molecule has 0 radical (unpaired) electrons. The van der Waals surface area contributed by atoms with Crippen LogP contribution in [-0.4, -0.2) is 74.9 Å². The van der Waals surface area contributed by atoms with E-state index >= 15 is 0 Å². The molecule has 0 fully saturated rings. The third-order valence-electron chi connectivity index (χ3n) is 11.1. The van der Waals surface area contributed by atoms with Gasteiger partial charge >= 0.3 is 19.8 Å². The van der Waals surface area contributed by atoms with Crippen LogP contribution < -0.4 is 0 Å². The van der Waals surface area contributed by atoms with Gasteiger partial charge in [-0.1, -0.05) is 198 Å². The molecule has 0 heterocycles. The topological polar surface area (TPSA) is 108 Å². The normalized spacial score (nSPS) is 13.7. The predicted octanol–water partition coefficient (Wildman–Crippen LogP) is 15.3. The van der Waals surface area contributed by atoms with Gasteiger partial charge < -0.3 is 18.9 Å². The highest BCUT2D eigenvalue weighted by Gasteiger charge is 2.27. The summed E-state index contributed by atoms with van der Waals surface area (Å²) < 4.78 is 34.3. The SMILES string of the molecule is CCCCCCCCCCCCC/C=C/CCC(=O)O[C@@H](COC(=O)CCC/C=C/CC/C=C/CCCCCCCCCCCCCCCC)COP(=O)(O)OCC[N+](C)(C)C. The van der Waals surface area contributed by atoms with Gasteiger partial charge in [-0.3, -0.25) is 18.6 Å². The molecule has 2 atom stereocenters. The molecule has 0 spiro atoms. The van der Waals surface area contributed by atoms with E-state index in [2.05, 4.69) is 44.2 Å². The highest BCUT2D eigenvalue weighted by atomic mass is 31.2. The number of hydrogen-bond acceptors (Lipinski definition) is 7. The van der Waals surface area contributed by atoms with Crippen molar-refractivity contribution < 1.29 is 42.1 Å². The summed E-state index contributed by atoms with van der Waals surface area (Å²) in [5.74, 6) is -0.898. The number of unbranched alkanes of at least 4 members (excludes halogenated alkanes) is 27. The van der Waals surface area contributed by atoms with Crippen molar-refractivity contribution in [1.29, 1.82) is 0 Å². The Bertz CT molecular complexity index is 1150. The van der Waals surface area contributed by atoms with Gasteiger partial charge in [-0.25, -0.2) is 4.57 Å². The largest absolute Gasteiger partial charge is 0.472 e. The quantitative estimate of drug-likeness (QED) is 0.0212. The molecule has 1 N–H and O–H groups in total. The Morgan fingerprint density at radius 3 is 1.31 bits per heavy atom. The molecule has 0 saturated carbocycles. The first kappa shape index (κ1) is 60.2. The van der Waals surface area contributed by atoms with Gasteiger partial charge in [-0.05, 0) is 57.8 Å². The van der Waals surface area contributed by atoms with Gasteiger partial charge in [-0.15, -0.1) is 0 Å². The zero-order valence-electron chi connectivity index (χ0n) is 41.1. The minimum Gasteiger partial charge on any atom is -0.462 e. The van der Waals surface area contributed by atoms with Crippen LogP contribution in [0.2, 0.25) is 0 Å². The zero-order chi connectivity index (χ0) is 45.7. The van der Waals surface area contributed by atoms with E-state index in [0.29, 0.717) is 23.9 Å². The molecule has 10 heteroatoms. The van der Waals surface area contributed by atoms with Gasteiger partial charge in [0, 0.05) is 12.8 Å². The Morgan fingerprint density at radius 2 is 0.871 bits per heavy atom. The van der Waals surface area contributed by atoms with Crippen molar-refractivity contribution in [2.24, 2.45) is 0 Å². The molecule has 0 aromatic rings. The van der Waals surface area contributed by atoms with Crippen molar-refractivity contribution in [2.45, 2.75) is 238 Å². The van der Waals surface area contributed by atoms with E-state index in [9.17, 15) is 19.0 Å². The molecule has 1 unspecified atom stereocenters. The van der Waals surface area contributed by atoms with Crippen LogP contribution in [-0.2, 0) is 32.7 Å². The Labute approximate surface area is 382 Å². The molecule has 0 aromatic carbocycles. The van der Waals surface area contributed by atoms with E-state index in [1.165, 1.54) is 154 Å². The highest BCUT2D eigenvalue weighted by Crippen LogP contribution is 2.43. The van der Waals surface area contributed by atoms with Crippen LogP contribution in [0.3, 0.4) is 0 Å². The van der Waals surface area contributed by atoms with Crippen LogP contribution in [0.5, 0.6) is 0 Å². The van der Waals surface area contributed by atoms with Crippen molar-refractivity contribution in [3.8, 4) is 0 Å². The summed E-state index contributed by atoms with van der Waals surface area (Å²) in [4.78, 5) is 35.4. The number of hydrogen-bond donors (Lipinski definition) is 1. The van der Waals surface area contributed by atoms with Crippen molar-refractivity contribution in [3.05, 3.63) is 36.5 Å². The lowest BCUT2D eigenvalue weighted by molar-refractivity contribution is -0.870. The van der Waals surface area contributed by atoms with Crippen LogP contribution in [0, 0.1) is 0 Å². The molecular formula is C52H99NO8P+. The van der Waals surface area contributed by atoms with E-state index < -0.39 is 32.5 Å². The summed E-state index contributed by atoms with van der Waals surface area (Å²) in [6.45, 7) is 4.37. The smallest absolute Gasteiger partial charge is 0.462 e. The predicted molar refractivity (Wildman–Crippen MR) is 261 cm³/mol. The van der Waals surface area contributed by atoms with E-state index in [1.54, 1.807) is 0 Å². The van der Waals surface area contributed by atoms with Gasteiger partial charge in [0.05, 0.1) is 27.7 Å². The number of rotatable bonds is 47. The second-order valence-corrected chi connectivity index (χ2v) is 20.0. The van der Waals surface area contributed by atoms with Gasteiger partial charge in [0.25, 0.3) is 0 Å². The average Bonchev–Trinajstić information content (AvgIpc) is 3.23. The van der Waals surface area contributed by atoms with Crippen molar-refractivity contribution in [1.82, 2.24) is 0 Å². The van der Waals surface area contributed by atoms with Gasteiger partial charge in [-0.2, -0.15) is 0 Å². The fraction of sp³-hybridized carbons (Fsp3) is 0.846. The Balaban J connectivity index is 4.29. The number of quaternary nitrogens is 1. The second-order valence-electron chi connectivity index (χ2n) is 18.5. The van der Waals surface area contributed by atoms with Gasteiger partial charge in [0.15, 0.2) is 6.10 Å². The van der Waals surface area contributed by atoms with Crippen LogP contribution >= 0.6 is 7.82 Å². The molecule has 364 valence electrons. The van der Waals surface area contributed by atoms with Crippen molar-refractivity contribution in [3.63, 3.8) is 0 Å². The fourth-order valence-corrected chi connectivity index (χ4v) is 7.85. The Hall–Kier alpha value is -1.77. The van der Waals surface area contributed by atoms with Gasteiger partial charge in [0.2, 0.25) is 0 Å². The molecule has 0 rings (SSSR count). The number of nitrogens with zero attached hydrogens (tertiary/aromatic N) is 1. The highest BCUT2D eigenvalue weighted by molar-refractivity contribution is 7.47. The van der Waals surface area contributed by atoms with Crippen LogP contribution in [0.15, 0.2) is 36.5 Å². The summed E-state index contributed by atoms with van der Waals surface area (Å²) >= 11 is 0. The molecule has 0 saturated heterocycles. The number of allylic oxidation sites excluding steroid dienone is 6. The lowest BCUT2D eigenvalue weighted by atomic mass is 10.0. The summed E-state index contributed by atoms with van der Waals surface area (Å²) in [6, 6.07) is 0. The summed E-state index contributed by atoms with van der Waals surface area (Å²) in [5.41, 5.74) is 0. The third kappa shape index (κ3) is 47.7. The molecule has 62 heavy (non-hydrogen) atoms. The molecule has 0 aliphatic rings. The number of carbonyl (C=O) groups is 2. The Morgan fingerprint density at radius 1 is 0.484 bits per heavy atom. The maximum absolute atomic E-state index is 12.7.